The standard InChI is InChI=1S/C22H21N3O2S/c1-14-7-9-17(10-8-14)25-21(26)20-19(11-15(2)23-20)24-22(25)28-13-16-5-4-6-18(12-16)27-3/h4-12,23H,13H2,1-3H3. The monoisotopic (exact) mass is 391 g/mol. The van der Waals surface area contributed by atoms with Gasteiger partial charge in [0, 0.05) is 11.4 Å². The fourth-order valence-corrected chi connectivity index (χ4v) is 4.06. The SMILES string of the molecule is COc1cccc(CSc2nc3cc(C)[nH]c3c(=O)n2-c2ccc(C)cc2)c1. The summed E-state index contributed by atoms with van der Waals surface area (Å²) in [5.74, 6) is 1.50. The first-order valence-electron chi connectivity index (χ1n) is 9.00. The molecule has 0 aliphatic rings. The molecule has 6 heteroatoms. The molecule has 2 heterocycles. The number of hydrogen-bond acceptors (Lipinski definition) is 4. The zero-order valence-corrected chi connectivity index (χ0v) is 16.8. The van der Waals surface area contributed by atoms with Crippen molar-refractivity contribution in [2.45, 2.75) is 24.8 Å². The molecule has 0 saturated carbocycles. The van der Waals surface area contributed by atoms with Crippen molar-refractivity contribution in [2.75, 3.05) is 7.11 Å². The van der Waals surface area contributed by atoms with Crippen LogP contribution in [0.2, 0.25) is 0 Å². The topological polar surface area (TPSA) is 59.9 Å². The van der Waals surface area contributed by atoms with Gasteiger partial charge in [-0.05, 0) is 49.7 Å². The molecule has 4 aromatic rings. The predicted octanol–water partition coefficient (Wildman–Crippen LogP) is 4.63. The molecule has 0 amide bonds. The number of H-pyrrole nitrogens is 1. The smallest absolute Gasteiger partial charge is 0.283 e. The zero-order chi connectivity index (χ0) is 19.7. The number of hydrogen-bond donors (Lipinski definition) is 1. The van der Waals surface area contributed by atoms with Gasteiger partial charge in [0.1, 0.15) is 11.3 Å². The highest BCUT2D eigenvalue weighted by Gasteiger charge is 2.15. The predicted molar refractivity (Wildman–Crippen MR) is 114 cm³/mol. The molecule has 2 aromatic carbocycles. The lowest BCUT2D eigenvalue weighted by molar-refractivity contribution is 0.414. The third kappa shape index (κ3) is 3.55. The molecule has 5 nitrogen and oxygen atoms in total. The Labute approximate surface area is 167 Å². The van der Waals surface area contributed by atoms with Crippen molar-refractivity contribution in [2.24, 2.45) is 0 Å². The molecule has 0 saturated heterocycles. The summed E-state index contributed by atoms with van der Waals surface area (Å²) in [4.78, 5) is 21.1. The molecule has 0 radical (unpaired) electrons. The Morgan fingerprint density at radius 2 is 1.89 bits per heavy atom. The third-order valence-corrected chi connectivity index (χ3v) is 5.56. The maximum absolute atomic E-state index is 13.2. The van der Waals surface area contributed by atoms with Crippen LogP contribution >= 0.6 is 11.8 Å². The number of fused-ring (bicyclic) bond motifs is 1. The summed E-state index contributed by atoms with van der Waals surface area (Å²) >= 11 is 1.54. The van der Waals surface area contributed by atoms with Crippen LogP contribution in [-0.4, -0.2) is 21.6 Å². The van der Waals surface area contributed by atoms with Crippen LogP contribution in [-0.2, 0) is 5.75 Å². The Morgan fingerprint density at radius 3 is 2.64 bits per heavy atom. The maximum atomic E-state index is 13.2. The quantitative estimate of drug-likeness (QED) is 0.398. The second-order valence-electron chi connectivity index (χ2n) is 6.72. The number of benzene rings is 2. The molecule has 28 heavy (non-hydrogen) atoms. The zero-order valence-electron chi connectivity index (χ0n) is 16.0. The van der Waals surface area contributed by atoms with Gasteiger partial charge in [0.15, 0.2) is 5.16 Å². The molecule has 0 bridgehead atoms. The van der Waals surface area contributed by atoms with Gasteiger partial charge >= 0.3 is 0 Å². The van der Waals surface area contributed by atoms with Crippen molar-refractivity contribution >= 4 is 22.8 Å². The average molecular weight is 391 g/mol. The summed E-state index contributed by atoms with van der Waals surface area (Å²) in [7, 11) is 1.66. The van der Waals surface area contributed by atoms with E-state index in [1.807, 2.05) is 68.4 Å². The first kappa shape index (κ1) is 18.4. The number of nitrogens with one attached hydrogen (secondary N) is 1. The van der Waals surface area contributed by atoms with Crippen LogP contribution in [0.4, 0.5) is 0 Å². The van der Waals surface area contributed by atoms with Crippen molar-refractivity contribution in [3.8, 4) is 11.4 Å². The average Bonchev–Trinajstić information content (AvgIpc) is 3.08. The van der Waals surface area contributed by atoms with Crippen molar-refractivity contribution in [3.63, 3.8) is 0 Å². The van der Waals surface area contributed by atoms with E-state index in [-0.39, 0.29) is 5.56 Å². The van der Waals surface area contributed by atoms with Gasteiger partial charge in [-0.3, -0.25) is 9.36 Å². The summed E-state index contributed by atoms with van der Waals surface area (Å²) in [6.45, 7) is 3.96. The van der Waals surface area contributed by atoms with E-state index in [2.05, 4.69) is 4.98 Å². The second-order valence-corrected chi connectivity index (χ2v) is 7.67. The minimum atomic E-state index is -0.0879. The Bertz CT molecular complexity index is 1190. The molecule has 0 aliphatic heterocycles. The summed E-state index contributed by atoms with van der Waals surface area (Å²) < 4.78 is 6.99. The molecule has 0 fully saturated rings. The Kier molecular flexibility index (Phi) is 4.96. The van der Waals surface area contributed by atoms with Crippen LogP contribution < -0.4 is 10.3 Å². The van der Waals surface area contributed by atoms with Crippen LogP contribution in [0.15, 0.2) is 64.5 Å². The lowest BCUT2D eigenvalue weighted by atomic mass is 10.2. The molecule has 0 spiro atoms. The third-order valence-electron chi connectivity index (χ3n) is 4.55. The van der Waals surface area contributed by atoms with Crippen LogP contribution in [0.3, 0.4) is 0 Å². The van der Waals surface area contributed by atoms with Crippen LogP contribution in [0, 0.1) is 13.8 Å². The van der Waals surface area contributed by atoms with Gasteiger partial charge in [0.25, 0.3) is 5.56 Å². The number of ether oxygens (including phenoxy) is 1. The molecule has 0 aliphatic carbocycles. The van der Waals surface area contributed by atoms with Crippen molar-refractivity contribution in [1.82, 2.24) is 14.5 Å². The van der Waals surface area contributed by atoms with Crippen LogP contribution in [0.5, 0.6) is 5.75 Å². The Hall–Kier alpha value is -2.99. The van der Waals surface area contributed by atoms with Crippen molar-refractivity contribution < 1.29 is 4.74 Å². The molecule has 2 aromatic heterocycles. The van der Waals surface area contributed by atoms with Crippen LogP contribution in [0.25, 0.3) is 16.7 Å². The molecule has 0 atom stereocenters. The van der Waals surface area contributed by atoms with E-state index in [0.717, 1.165) is 28.3 Å². The van der Waals surface area contributed by atoms with Gasteiger partial charge in [-0.2, -0.15) is 0 Å². The van der Waals surface area contributed by atoms with Gasteiger partial charge in [-0.15, -0.1) is 0 Å². The van der Waals surface area contributed by atoms with Crippen LogP contribution in [0.1, 0.15) is 16.8 Å². The number of methoxy groups -OCH3 is 1. The van der Waals surface area contributed by atoms with E-state index in [4.69, 9.17) is 9.72 Å². The minimum Gasteiger partial charge on any atom is -0.497 e. The number of nitrogens with zero attached hydrogens (tertiary/aromatic N) is 2. The molecule has 0 unspecified atom stereocenters. The fourth-order valence-electron chi connectivity index (χ4n) is 3.11. The highest BCUT2D eigenvalue weighted by atomic mass is 32.2. The second kappa shape index (κ2) is 7.56. The van der Waals surface area contributed by atoms with E-state index in [0.29, 0.717) is 21.9 Å². The van der Waals surface area contributed by atoms with Gasteiger partial charge in [0.2, 0.25) is 0 Å². The molecular weight excluding hydrogens is 370 g/mol. The van der Waals surface area contributed by atoms with Gasteiger partial charge in [-0.1, -0.05) is 41.6 Å². The fraction of sp³-hybridized carbons (Fsp3) is 0.182. The first-order valence-corrected chi connectivity index (χ1v) is 9.99. The molecule has 142 valence electrons. The molecule has 1 N–H and O–H groups in total. The van der Waals surface area contributed by atoms with Crippen molar-refractivity contribution in [1.29, 1.82) is 0 Å². The summed E-state index contributed by atoms with van der Waals surface area (Å²) in [6, 6.07) is 17.8. The van der Waals surface area contributed by atoms with E-state index in [1.54, 1.807) is 11.7 Å². The lowest BCUT2D eigenvalue weighted by Gasteiger charge is -2.12. The number of aromatic nitrogens is 3. The Balaban J connectivity index is 1.80. The highest BCUT2D eigenvalue weighted by Crippen LogP contribution is 2.26. The van der Waals surface area contributed by atoms with E-state index >= 15 is 0 Å². The molecule has 4 rings (SSSR count). The number of rotatable bonds is 5. The van der Waals surface area contributed by atoms with E-state index in [9.17, 15) is 4.79 Å². The van der Waals surface area contributed by atoms with E-state index in [1.165, 1.54) is 11.8 Å². The number of aromatic amines is 1. The lowest BCUT2D eigenvalue weighted by Crippen LogP contribution is -2.21. The van der Waals surface area contributed by atoms with Gasteiger partial charge in [0.05, 0.1) is 18.3 Å². The van der Waals surface area contributed by atoms with Gasteiger partial charge < -0.3 is 9.72 Å². The number of aryl methyl sites for hydroxylation is 2. The van der Waals surface area contributed by atoms with Gasteiger partial charge in [-0.25, -0.2) is 4.98 Å². The minimum absolute atomic E-state index is 0.0879. The summed E-state index contributed by atoms with van der Waals surface area (Å²) in [6.07, 6.45) is 0. The largest absolute Gasteiger partial charge is 0.497 e. The molecular formula is C22H21N3O2S. The highest BCUT2D eigenvalue weighted by molar-refractivity contribution is 7.98. The Morgan fingerprint density at radius 1 is 1.11 bits per heavy atom. The van der Waals surface area contributed by atoms with E-state index < -0.39 is 0 Å². The maximum Gasteiger partial charge on any atom is 0.283 e. The normalized spacial score (nSPS) is 11.1. The summed E-state index contributed by atoms with van der Waals surface area (Å²) in [5, 5.41) is 0.670. The van der Waals surface area contributed by atoms with Crippen molar-refractivity contribution in [3.05, 3.63) is 81.8 Å². The number of thioether (sulfide) groups is 1. The summed E-state index contributed by atoms with van der Waals surface area (Å²) in [5.41, 5.74) is 5.12. The first-order chi connectivity index (χ1) is 13.5.